The average Bonchev–Trinajstić information content (AvgIpc) is 3.33. The quantitative estimate of drug-likeness (QED) is 0.744. The number of amides is 2. The van der Waals surface area contributed by atoms with E-state index in [1.807, 2.05) is 55.5 Å². The lowest BCUT2D eigenvalue weighted by molar-refractivity contribution is -0.143. The van der Waals surface area contributed by atoms with Crippen LogP contribution >= 0.6 is 0 Å². The number of likely N-dealkylation sites (N-methyl/N-ethyl adjacent to an activating group) is 1. The second-order valence-corrected chi connectivity index (χ2v) is 8.28. The zero-order valence-corrected chi connectivity index (χ0v) is 17.6. The number of esters is 1. The van der Waals surface area contributed by atoms with Gasteiger partial charge in [0.25, 0.3) is 5.91 Å². The van der Waals surface area contributed by atoms with E-state index in [4.69, 9.17) is 4.74 Å². The Hall–Kier alpha value is -3.19. The van der Waals surface area contributed by atoms with Crippen LogP contribution in [0, 0.1) is 0 Å². The van der Waals surface area contributed by atoms with E-state index < -0.39 is 11.0 Å². The maximum atomic E-state index is 14.1. The van der Waals surface area contributed by atoms with Crippen LogP contribution in [-0.2, 0) is 30.1 Å². The Bertz CT molecular complexity index is 1100. The second kappa shape index (κ2) is 6.92. The SMILES string of the molecule is CCOC(=O)C[C@H]1C[C@]2(C(=O)Nc3ccccc32)[C@@]2(N1)C(=O)N(CC)c1ccccc12. The van der Waals surface area contributed by atoms with E-state index in [9.17, 15) is 14.4 Å². The highest BCUT2D eigenvalue weighted by Gasteiger charge is 2.73. The molecule has 0 bridgehead atoms. The van der Waals surface area contributed by atoms with Crippen LogP contribution in [0.1, 0.15) is 37.8 Å². The fourth-order valence-electron chi connectivity index (χ4n) is 5.76. The molecule has 2 aromatic carbocycles. The third-order valence-electron chi connectivity index (χ3n) is 6.84. The Morgan fingerprint density at radius 3 is 2.55 bits per heavy atom. The summed E-state index contributed by atoms with van der Waals surface area (Å²) in [6.45, 7) is 4.46. The average molecular weight is 419 g/mol. The molecular weight excluding hydrogens is 394 g/mol. The molecule has 3 aliphatic heterocycles. The van der Waals surface area contributed by atoms with E-state index in [0.29, 0.717) is 18.7 Å². The molecule has 3 heterocycles. The molecule has 7 nitrogen and oxygen atoms in total. The standard InChI is InChI=1S/C24H25N3O4/c1-3-27-19-12-8-6-10-17(19)24(22(27)30)23(14-15(26-24)13-20(28)31-4-2)16-9-5-7-11-18(16)25-21(23)29/h5-12,15,26H,3-4,13-14H2,1-2H3,(H,25,29)/t15-,23-,24-/m0/s1. The van der Waals surface area contributed by atoms with Crippen molar-refractivity contribution in [2.24, 2.45) is 0 Å². The molecule has 0 aliphatic carbocycles. The van der Waals surface area contributed by atoms with Gasteiger partial charge in [-0.15, -0.1) is 0 Å². The Kier molecular flexibility index (Phi) is 4.41. The molecule has 3 atom stereocenters. The van der Waals surface area contributed by atoms with Gasteiger partial charge < -0.3 is 15.0 Å². The summed E-state index contributed by atoms with van der Waals surface area (Å²) in [5, 5.41) is 6.48. The van der Waals surface area contributed by atoms with Gasteiger partial charge in [0.15, 0.2) is 0 Å². The van der Waals surface area contributed by atoms with Gasteiger partial charge in [0.05, 0.1) is 13.0 Å². The highest BCUT2D eigenvalue weighted by molar-refractivity contribution is 6.18. The zero-order valence-electron chi connectivity index (χ0n) is 17.6. The van der Waals surface area contributed by atoms with Crippen molar-refractivity contribution < 1.29 is 19.1 Å². The Labute approximate surface area is 180 Å². The topological polar surface area (TPSA) is 87.7 Å². The van der Waals surface area contributed by atoms with Gasteiger partial charge in [-0.25, -0.2) is 0 Å². The van der Waals surface area contributed by atoms with Crippen LogP contribution in [0.25, 0.3) is 0 Å². The molecule has 2 amide bonds. The van der Waals surface area contributed by atoms with Crippen LogP contribution in [0.3, 0.4) is 0 Å². The molecular formula is C24H25N3O4. The monoisotopic (exact) mass is 419 g/mol. The van der Waals surface area contributed by atoms with Gasteiger partial charge in [-0.2, -0.15) is 0 Å². The summed E-state index contributed by atoms with van der Waals surface area (Å²) in [5.41, 5.74) is 0.646. The van der Waals surface area contributed by atoms with E-state index in [1.165, 1.54) is 0 Å². The summed E-state index contributed by atoms with van der Waals surface area (Å²) in [7, 11) is 0. The Morgan fingerprint density at radius 1 is 1.10 bits per heavy atom. The maximum Gasteiger partial charge on any atom is 0.307 e. The van der Waals surface area contributed by atoms with Gasteiger partial charge >= 0.3 is 5.97 Å². The van der Waals surface area contributed by atoms with E-state index >= 15 is 0 Å². The number of ether oxygens (including phenoxy) is 1. The summed E-state index contributed by atoms with van der Waals surface area (Å²) < 4.78 is 5.17. The van der Waals surface area contributed by atoms with Gasteiger partial charge in [0, 0.05) is 29.5 Å². The highest BCUT2D eigenvalue weighted by atomic mass is 16.5. The van der Waals surface area contributed by atoms with Gasteiger partial charge in [0.1, 0.15) is 11.0 Å². The molecule has 1 saturated heterocycles. The van der Waals surface area contributed by atoms with Crippen LogP contribution in [0.4, 0.5) is 11.4 Å². The first kappa shape index (κ1) is 19.8. The van der Waals surface area contributed by atoms with E-state index in [0.717, 1.165) is 16.8 Å². The number of nitrogens with one attached hydrogen (secondary N) is 2. The summed E-state index contributed by atoms with van der Waals surface area (Å²) in [4.78, 5) is 41.8. The molecule has 0 saturated carbocycles. The van der Waals surface area contributed by atoms with Crippen LogP contribution in [0.5, 0.6) is 0 Å². The number of anilines is 2. The number of carbonyl (C=O) groups excluding carboxylic acids is 3. The number of rotatable bonds is 4. The lowest BCUT2D eigenvalue weighted by Crippen LogP contribution is -2.61. The molecule has 2 aromatic rings. The molecule has 5 rings (SSSR count). The maximum absolute atomic E-state index is 14.1. The van der Waals surface area contributed by atoms with Crippen molar-refractivity contribution in [2.45, 2.75) is 43.7 Å². The van der Waals surface area contributed by atoms with Crippen molar-refractivity contribution in [3.8, 4) is 0 Å². The van der Waals surface area contributed by atoms with Gasteiger partial charge in [-0.3, -0.25) is 19.7 Å². The van der Waals surface area contributed by atoms with Gasteiger partial charge in [0.2, 0.25) is 5.91 Å². The summed E-state index contributed by atoms with van der Waals surface area (Å²) in [6.07, 6.45) is 0.417. The lowest BCUT2D eigenvalue weighted by atomic mass is 9.63. The lowest BCUT2D eigenvalue weighted by Gasteiger charge is -2.38. The van der Waals surface area contributed by atoms with Crippen molar-refractivity contribution in [1.82, 2.24) is 5.32 Å². The number of hydrogen-bond acceptors (Lipinski definition) is 5. The predicted molar refractivity (Wildman–Crippen MR) is 116 cm³/mol. The molecule has 160 valence electrons. The molecule has 7 heteroatoms. The van der Waals surface area contributed by atoms with Crippen molar-refractivity contribution in [3.63, 3.8) is 0 Å². The van der Waals surface area contributed by atoms with E-state index in [-0.39, 0.29) is 36.9 Å². The molecule has 2 spiro atoms. The third-order valence-corrected chi connectivity index (χ3v) is 6.84. The van der Waals surface area contributed by atoms with E-state index in [1.54, 1.807) is 11.8 Å². The van der Waals surface area contributed by atoms with Crippen LogP contribution in [-0.4, -0.2) is 37.0 Å². The van der Waals surface area contributed by atoms with Crippen molar-refractivity contribution in [3.05, 3.63) is 59.7 Å². The predicted octanol–water partition coefficient (Wildman–Crippen LogP) is 2.45. The fraction of sp³-hybridized carbons (Fsp3) is 0.375. The van der Waals surface area contributed by atoms with Crippen molar-refractivity contribution in [2.75, 3.05) is 23.4 Å². The molecule has 0 unspecified atom stereocenters. The van der Waals surface area contributed by atoms with Gasteiger partial charge in [-0.05, 0) is 38.0 Å². The van der Waals surface area contributed by atoms with Gasteiger partial charge in [-0.1, -0.05) is 36.4 Å². The smallest absolute Gasteiger partial charge is 0.307 e. The molecule has 31 heavy (non-hydrogen) atoms. The Morgan fingerprint density at radius 2 is 1.81 bits per heavy atom. The first-order valence-corrected chi connectivity index (χ1v) is 10.7. The van der Waals surface area contributed by atoms with Crippen molar-refractivity contribution in [1.29, 1.82) is 0 Å². The number of fused-ring (bicyclic) bond motifs is 5. The summed E-state index contributed by atoms with van der Waals surface area (Å²) >= 11 is 0. The van der Waals surface area contributed by atoms with Crippen LogP contribution in [0.15, 0.2) is 48.5 Å². The molecule has 2 N–H and O–H groups in total. The minimum Gasteiger partial charge on any atom is -0.466 e. The number of para-hydroxylation sites is 2. The number of hydrogen-bond donors (Lipinski definition) is 2. The largest absolute Gasteiger partial charge is 0.466 e. The number of nitrogens with zero attached hydrogens (tertiary/aromatic N) is 1. The minimum absolute atomic E-state index is 0.0916. The third kappa shape index (κ3) is 2.41. The van der Waals surface area contributed by atoms with Crippen LogP contribution in [0.2, 0.25) is 0 Å². The van der Waals surface area contributed by atoms with Crippen LogP contribution < -0.4 is 15.5 Å². The molecule has 0 radical (unpaired) electrons. The number of carbonyl (C=O) groups is 3. The minimum atomic E-state index is -1.28. The highest BCUT2D eigenvalue weighted by Crippen LogP contribution is 2.60. The summed E-state index contributed by atoms with van der Waals surface area (Å²) in [5.74, 6) is -0.715. The molecule has 3 aliphatic rings. The fourth-order valence-corrected chi connectivity index (χ4v) is 5.76. The first-order chi connectivity index (χ1) is 15.0. The first-order valence-electron chi connectivity index (χ1n) is 10.7. The number of benzene rings is 2. The molecule has 0 aromatic heterocycles. The zero-order chi connectivity index (χ0) is 21.8. The molecule has 1 fully saturated rings. The second-order valence-electron chi connectivity index (χ2n) is 8.28. The summed E-state index contributed by atoms with van der Waals surface area (Å²) in [6, 6.07) is 14.8. The normalized spacial score (nSPS) is 28.2. The Balaban J connectivity index is 1.74. The van der Waals surface area contributed by atoms with E-state index in [2.05, 4.69) is 10.6 Å². The van der Waals surface area contributed by atoms with Crippen molar-refractivity contribution >= 4 is 29.2 Å².